The van der Waals surface area contributed by atoms with Crippen molar-refractivity contribution in [2.45, 2.75) is 45.4 Å². The third kappa shape index (κ3) is 4.76. The maximum Gasteiger partial charge on any atom is 0.341 e. The topological polar surface area (TPSA) is 111 Å². The highest BCUT2D eigenvalue weighted by molar-refractivity contribution is 7.17. The zero-order valence-electron chi connectivity index (χ0n) is 17.8. The van der Waals surface area contributed by atoms with E-state index in [1.165, 1.54) is 36.0 Å². The van der Waals surface area contributed by atoms with Gasteiger partial charge in [-0.3, -0.25) is 14.9 Å². The van der Waals surface area contributed by atoms with Crippen LogP contribution in [0.5, 0.6) is 0 Å². The highest BCUT2D eigenvalue weighted by Crippen LogP contribution is 2.38. The van der Waals surface area contributed by atoms with Gasteiger partial charge in [0.25, 0.3) is 5.91 Å². The molecule has 0 fully saturated rings. The van der Waals surface area contributed by atoms with Gasteiger partial charge in [0.2, 0.25) is 5.91 Å². The number of thiazole rings is 1. The minimum Gasteiger partial charge on any atom is -0.469 e. The highest BCUT2D eigenvalue weighted by atomic mass is 32.1. The van der Waals surface area contributed by atoms with Gasteiger partial charge in [0, 0.05) is 10.3 Å². The van der Waals surface area contributed by atoms with Crippen LogP contribution in [0.2, 0.25) is 0 Å². The Morgan fingerprint density at radius 1 is 1.19 bits per heavy atom. The minimum absolute atomic E-state index is 0.0281. The van der Waals surface area contributed by atoms with Gasteiger partial charge in [0.1, 0.15) is 10.8 Å². The standard InChI is InChI=1S/C22H23N3O5S2/c1-12-14(8-9-30-12)19(27)25-22-23-13(11-31-22)10-17(26)24-20-18(21(28)29-2)15-6-4-3-5-7-16(15)32-20/h8-9,11H,3-7,10H2,1-2H3,(H,24,26)(H,23,25,27). The molecule has 10 heteroatoms. The molecule has 1 aliphatic rings. The van der Waals surface area contributed by atoms with Crippen molar-refractivity contribution in [1.82, 2.24) is 4.98 Å². The van der Waals surface area contributed by atoms with Crippen molar-refractivity contribution in [3.63, 3.8) is 0 Å². The van der Waals surface area contributed by atoms with Gasteiger partial charge < -0.3 is 14.5 Å². The van der Waals surface area contributed by atoms with E-state index >= 15 is 0 Å². The lowest BCUT2D eigenvalue weighted by atomic mass is 10.1. The number of ether oxygens (including phenoxy) is 1. The molecule has 3 aromatic heterocycles. The maximum atomic E-state index is 12.7. The summed E-state index contributed by atoms with van der Waals surface area (Å²) in [6, 6.07) is 1.59. The van der Waals surface area contributed by atoms with E-state index in [0.29, 0.717) is 32.7 Å². The number of rotatable bonds is 6. The molecule has 168 valence electrons. The molecular formula is C22H23N3O5S2. The number of hydrogen-bond acceptors (Lipinski definition) is 8. The number of nitrogens with one attached hydrogen (secondary N) is 2. The molecule has 8 nitrogen and oxygen atoms in total. The summed E-state index contributed by atoms with van der Waals surface area (Å²) in [5.74, 6) is -0.493. The molecule has 0 saturated heterocycles. The van der Waals surface area contributed by atoms with Crippen LogP contribution in [-0.4, -0.2) is 29.9 Å². The van der Waals surface area contributed by atoms with Gasteiger partial charge >= 0.3 is 5.97 Å². The number of esters is 1. The van der Waals surface area contributed by atoms with Crippen molar-refractivity contribution >= 4 is 50.6 Å². The van der Waals surface area contributed by atoms with Crippen LogP contribution < -0.4 is 10.6 Å². The lowest BCUT2D eigenvalue weighted by Crippen LogP contribution is -2.17. The van der Waals surface area contributed by atoms with Gasteiger partial charge in [-0.1, -0.05) is 6.42 Å². The number of methoxy groups -OCH3 is 1. The van der Waals surface area contributed by atoms with Crippen LogP contribution >= 0.6 is 22.7 Å². The lowest BCUT2D eigenvalue weighted by Gasteiger charge is -2.07. The summed E-state index contributed by atoms with van der Waals surface area (Å²) in [6.45, 7) is 1.71. The number of hydrogen-bond donors (Lipinski definition) is 2. The molecule has 1 aliphatic carbocycles. The first-order valence-corrected chi connectivity index (χ1v) is 12.0. The number of carbonyl (C=O) groups is 3. The van der Waals surface area contributed by atoms with Crippen LogP contribution in [0.4, 0.5) is 10.1 Å². The molecule has 0 radical (unpaired) electrons. The van der Waals surface area contributed by atoms with E-state index < -0.39 is 5.97 Å². The summed E-state index contributed by atoms with van der Waals surface area (Å²) >= 11 is 2.70. The summed E-state index contributed by atoms with van der Waals surface area (Å²) in [4.78, 5) is 42.9. The Kier molecular flexibility index (Phi) is 6.71. The highest BCUT2D eigenvalue weighted by Gasteiger charge is 2.26. The normalized spacial score (nSPS) is 13.2. The largest absolute Gasteiger partial charge is 0.469 e. The van der Waals surface area contributed by atoms with Gasteiger partial charge in [-0.15, -0.1) is 22.7 Å². The second kappa shape index (κ2) is 9.66. The first kappa shape index (κ1) is 22.2. The van der Waals surface area contributed by atoms with E-state index in [0.717, 1.165) is 42.5 Å². The molecular weight excluding hydrogens is 450 g/mol. The van der Waals surface area contributed by atoms with Crippen molar-refractivity contribution in [2.24, 2.45) is 0 Å². The molecule has 0 aromatic carbocycles. The van der Waals surface area contributed by atoms with Crippen LogP contribution in [0.3, 0.4) is 0 Å². The fourth-order valence-corrected chi connectivity index (χ4v) is 5.71. The first-order valence-electron chi connectivity index (χ1n) is 10.3. The molecule has 0 bridgehead atoms. The molecule has 3 aromatic rings. The zero-order chi connectivity index (χ0) is 22.7. The molecule has 0 aliphatic heterocycles. The van der Waals surface area contributed by atoms with E-state index in [9.17, 15) is 14.4 Å². The third-order valence-electron chi connectivity index (χ3n) is 5.28. The molecule has 4 rings (SSSR count). The van der Waals surface area contributed by atoms with E-state index in [1.54, 1.807) is 18.4 Å². The van der Waals surface area contributed by atoms with Crippen LogP contribution in [0.1, 0.15) is 61.9 Å². The van der Waals surface area contributed by atoms with Gasteiger partial charge in [-0.25, -0.2) is 9.78 Å². The SMILES string of the molecule is COC(=O)c1c(NC(=O)Cc2csc(NC(=O)c3ccoc3C)n2)sc2c1CCCCC2. The van der Waals surface area contributed by atoms with Crippen LogP contribution in [0, 0.1) is 6.92 Å². The molecule has 0 spiro atoms. The van der Waals surface area contributed by atoms with E-state index in [1.807, 2.05) is 0 Å². The van der Waals surface area contributed by atoms with Crippen LogP contribution in [0.15, 0.2) is 22.1 Å². The molecule has 2 N–H and O–H groups in total. The maximum absolute atomic E-state index is 12.7. The monoisotopic (exact) mass is 473 g/mol. The van der Waals surface area contributed by atoms with Crippen LogP contribution in [0.25, 0.3) is 0 Å². The Morgan fingerprint density at radius 2 is 2.00 bits per heavy atom. The number of anilines is 2. The molecule has 0 atom stereocenters. The quantitative estimate of drug-likeness (QED) is 0.400. The van der Waals surface area contributed by atoms with E-state index in [2.05, 4.69) is 15.6 Å². The summed E-state index contributed by atoms with van der Waals surface area (Å²) in [6.07, 6.45) is 6.43. The Labute approximate surface area is 193 Å². The number of carbonyl (C=O) groups excluding carboxylic acids is 3. The predicted molar refractivity (Wildman–Crippen MR) is 123 cm³/mol. The van der Waals surface area contributed by atoms with Crippen molar-refractivity contribution in [3.8, 4) is 0 Å². The Hall–Kier alpha value is -2.98. The van der Waals surface area contributed by atoms with Gasteiger partial charge in [-0.05, 0) is 44.2 Å². The number of fused-ring (bicyclic) bond motifs is 1. The summed E-state index contributed by atoms with van der Waals surface area (Å²) in [5.41, 5.74) is 2.45. The smallest absolute Gasteiger partial charge is 0.341 e. The number of thiophene rings is 1. The summed E-state index contributed by atoms with van der Waals surface area (Å²) in [7, 11) is 1.35. The number of nitrogens with zero attached hydrogens (tertiary/aromatic N) is 1. The number of furan rings is 1. The summed E-state index contributed by atoms with van der Waals surface area (Å²) in [5, 5.41) is 8.25. The second-order valence-electron chi connectivity index (χ2n) is 7.47. The van der Waals surface area contributed by atoms with Crippen molar-refractivity contribution < 1.29 is 23.5 Å². The first-order chi connectivity index (χ1) is 15.5. The molecule has 0 saturated carbocycles. The lowest BCUT2D eigenvalue weighted by molar-refractivity contribution is -0.115. The number of aromatic nitrogens is 1. The molecule has 32 heavy (non-hydrogen) atoms. The molecule has 0 unspecified atom stereocenters. The molecule has 2 amide bonds. The second-order valence-corrected chi connectivity index (χ2v) is 9.44. The number of aryl methyl sites for hydroxylation is 2. The molecule has 3 heterocycles. The Morgan fingerprint density at radius 3 is 2.75 bits per heavy atom. The fraction of sp³-hybridized carbons (Fsp3) is 0.364. The van der Waals surface area contributed by atoms with Crippen LogP contribution in [-0.2, 0) is 28.8 Å². The fourth-order valence-electron chi connectivity index (χ4n) is 3.71. The third-order valence-corrected chi connectivity index (χ3v) is 7.29. The van der Waals surface area contributed by atoms with Crippen molar-refractivity contribution in [3.05, 3.63) is 50.7 Å². The van der Waals surface area contributed by atoms with Crippen molar-refractivity contribution in [1.29, 1.82) is 0 Å². The average Bonchev–Trinajstić information content (AvgIpc) is 3.42. The number of amides is 2. The minimum atomic E-state index is -0.423. The summed E-state index contributed by atoms with van der Waals surface area (Å²) < 4.78 is 10.1. The van der Waals surface area contributed by atoms with Gasteiger partial charge in [0.15, 0.2) is 5.13 Å². The average molecular weight is 474 g/mol. The predicted octanol–water partition coefficient (Wildman–Crippen LogP) is 4.60. The van der Waals surface area contributed by atoms with Gasteiger partial charge in [-0.2, -0.15) is 0 Å². The van der Waals surface area contributed by atoms with Gasteiger partial charge in [0.05, 0.1) is 36.6 Å². The van der Waals surface area contributed by atoms with E-state index in [4.69, 9.17) is 9.15 Å². The zero-order valence-corrected chi connectivity index (χ0v) is 19.4. The Balaban J connectivity index is 1.44. The van der Waals surface area contributed by atoms with Crippen molar-refractivity contribution in [2.75, 3.05) is 17.7 Å². The van der Waals surface area contributed by atoms with E-state index in [-0.39, 0.29) is 18.2 Å². The Bertz CT molecular complexity index is 1160.